The average molecular weight is 499 g/mol. The summed E-state index contributed by atoms with van der Waals surface area (Å²) in [5.74, 6) is 2.66. The number of nitrogens with zero attached hydrogens (tertiary/aromatic N) is 2. The maximum atomic E-state index is 13.2. The van der Waals surface area contributed by atoms with E-state index in [0.29, 0.717) is 29.8 Å². The molecule has 194 valence electrons. The smallest absolute Gasteiger partial charge is 0.163 e. The van der Waals surface area contributed by atoms with Crippen LogP contribution in [0, 0.1) is 28.6 Å². The molecule has 0 spiro atoms. The quantitative estimate of drug-likeness (QED) is 0.339. The van der Waals surface area contributed by atoms with E-state index < -0.39 is 5.41 Å². The van der Waals surface area contributed by atoms with Crippen LogP contribution in [0.3, 0.4) is 0 Å². The van der Waals surface area contributed by atoms with Crippen LogP contribution in [0.2, 0.25) is 0 Å². The van der Waals surface area contributed by atoms with Crippen LogP contribution < -0.4 is 4.74 Å². The van der Waals surface area contributed by atoms with Gasteiger partial charge in [0, 0.05) is 18.9 Å². The lowest BCUT2D eigenvalue weighted by Gasteiger charge is -2.56. The number of Topliss-reactive ketones (excluding diaryl/α,β-unsaturated/α-hetero) is 1. The van der Waals surface area contributed by atoms with Crippen molar-refractivity contribution in [1.82, 2.24) is 9.55 Å². The van der Waals surface area contributed by atoms with Crippen LogP contribution in [0.25, 0.3) is 6.08 Å². The molecule has 0 amide bonds. The summed E-state index contributed by atoms with van der Waals surface area (Å²) < 4.78 is 8.12. The monoisotopic (exact) mass is 498 g/mol. The van der Waals surface area contributed by atoms with Gasteiger partial charge in [-0.15, -0.1) is 0 Å². The zero-order chi connectivity index (χ0) is 25.6. The van der Waals surface area contributed by atoms with Crippen LogP contribution in [0.5, 0.6) is 5.75 Å². The van der Waals surface area contributed by atoms with E-state index in [2.05, 4.69) is 47.7 Å². The van der Waals surface area contributed by atoms with Crippen molar-refractivity contribution >= 4 is 17.6 Å². The minimum atomic E-state index is -0.422. The highest BCUT2D eigenvalue weighted by Crippen LogP contribution is 2.65. The zero-order valence-corrected chi connectivity index (χ0v) is 22.1. The lowest BCUT2D eigenvalue weighted by atomic mass is 9.47. The fourth-order valence-electron chi connectivity index (χ4n) is 8.20. The van der Waals surface area contributed by atoms with Gasteiger partial charge in [0.05, 0.1) is 24.8 Å². The Morgan fingerprint density at radius 1 is 1.19 bits per heavy atom. The van der Waals surface area contributed by atoms with Crippen molar-refractivity contribution in [2.75, 3.05) is 6.61 Å². The summed E-state index contributed by atoms with van der Waals surface area (Å²) >= 11 is 0. The lowest BCUT2D eigenvalue weighted by Crippen LogP contribution is -2.52. The number of fused-ring (bicyclic) bond motifs is 5. The molecule has 0 bridgehead atoms. The summed E-state index contributed by atoms with van der Waals surface area (Å²) in [6.07, 6.45) is 17.4. The number of rotatable bonds is 6. The third-order valence-electron chi connectivity index (χ3n) is 10.1. The molecule has 1 aromatic heterocycles. The predicted octanol–water partition coefficient (Wildman–Crippen LogP) is 6.45. The Morgan fingerprint density at radius 2 is 2.08 bits per heavy atom. The average Bonchev–Trinajstić information content (AvgIpc) is 3.50. The highest BCUT2D eigenvalue weighted by molar-refractivity contribution is 6.11. The van der Waals surface area contributed by atoms with Crippen molar-refractivity contribution in [1.29, 1.82) is 0 Å². The Hall–Kier alpha value is -2.95. The number of benzene rings is 1. The molecular weight excluding hydrogens is 460 g/mol. The van der Waals surface area contributed by atoms with E-state index in [9.17, 15) is 9.59 Å². The second kappa shape index (κ2) is 9.41. The molecule has 1 aromatic carbocycles. The van der Waals surface area contributed by atoms with Gasteiger partial charge in [0.1, 0.15) is 5.75 Å². The second-order valence-electron chi connectivity index (χ2n) is 12.3. The Bertz CT molecular complexity index is 1260. The molecule has 5 nitrogen and oxygen atoms in total. The summed E-state index contributed by atoms with van der Waals surface area (Å²) in [4.78, 5) is 29.4. The number of aromatic nitrogens is 2. The van der Waals surface area contributed by atoms with Crippen molar-refractivity contribution in [3.63, 3.8) is 0 Å². The number of imidazole rings is 1. The Labute approximate surface area is 220 Å². The Kier molecular flexibility index (Phi) is 6.21. The number of allylic oxidation sites excluding steroid dienone is 2. The molecule has 5 heteroatoms. The molecule has 0 radical (unpaired) electrons. The number of hydrogen-bond acceptors (Lipinski definition) is 4. The van der Waals surface area contributed by atoms with Gasteiger partial charge in [-0.2, -0.15) is 0 Å². The molecule has 0 unspecified atom stereocenters. The zero-order valence-electron chi connectivity index (χ0n) is 22.1. The van der Waals surface area contributed by atoms with Gasteiger partial charge in [-0.3, -0.25) is 9.59 Å². The second-order valence-corrected chi connectivity index (χ2v) is 12.3. The van der Waals surface area contributed by atoms with Crippen LogP contribution in [0.1, 0.15) is 70.8 Å². The van der Waals surface area contributed by atoms with Crippen LogP contribution in [-0.4, -0.2) is 27.7 Å². The van der Waals surface area contributed by atoms with Gasteiger partial charge in [-0.1, -0.05) is 36.3 Å². The molecule has 6 rings (SSSR count). The fraction of sp³-hybridized carbons (Fsp3) is 0.531. The molecule has 4 aliphatic carbocycles. The van der Waals surface area contributed by atoms with Gasteiger partial charge in [-0.05, 0) is 98.8 Å². The number of ether oxygens (including phenoxy) is 1. The van der Waals surface area contributed by atoms with Crippen molar-refractivity contribution in [2.24, 2.45) is 28.6 Å². The predicted molar refractivity (Wildman–Crippen MR) is 144 cm³/mol. The minimum Gasteiger partial charge on any atom is -0.494 e. The molecule has 5 atom stereocenters. The summed E-state index contributed by atoms with van der Waals surface area (Å²) in [7, 11) is 0. The number of aryl methyl sites for hydroxylation is 1. The first kappa shape index (κ1) is 24.4. The summed E-state index contributed by atoms with van der Waals surface area (Å²) in [6, 6.07) is 8.46. The first-order chi connectivity index (χ1) is 17.8. The van der Waals surface area contributed by atoms with Gasteiger partial charge in [0.2, 0.25) is 0 Å². The molecule has 0 N–H and O–H groups in total. The summed E-state index contributed by atoms with van der Waals surface area (Å²) in [5, 5.41) is 0. The van der Waals surface area contributed by atoms with Gasteiger partial charge in [0.25, 0.3) is 0 Å². The minimum absolute atomic E-state index is 0.00654. The molecule has 1 heterocycles. The van der Waals surface area contributed by atoms with E-state index in [4.69, 9.17) is 4.74 Å². The highest BCUT2D eigenvalue weighted by Gasteiger charge is 2.59. The molecule has 4 aliphatic rings. The van der Waals surface area contributed by atoms with Gasteiger partial charge < -0.3 is 9.30 Å². The number of carbonyl (C=O) groups excluding carboxylic acids is 2. The number of carbonyl (C=O) groups is 2. The van der Waals surface area contributed by atoms with Crippen molar-refractivity contribution in [3.8, 4) is 5.75 Å². The van der Waals surface area contributed by atoms with Crippen molar-refractivity contribution in [2.45, 2.75) is 71.8 Å². The first-order valence-electron chi connectivity index (χ1n) is 14.0. The topological polar surface area (TPSA) is 61.2 Å². The van der Waals surface area contributed by atoms with Crippen molar-refractivity contribution < 1.29 is 14.3 Å². The molecule has 37 heavy (non-hydrogen) atoms. The highest BCUT2D eigenvalue weighted by atomic mass is 16.5. The molecule has 3 saturated carbocycles. The maximum Gasteiger partial charge on any atom is 0.163 e. The van der Waals surface area contributed by atoms with Crippen LogP contribution >= 0.6 is 0 Å². The summed E-state index contributed by atoms with van der Waals surface area (Å²) in [6.45, 7) is 6.22. The maximum absolute atomic E-state index is 13.2. The molecule has 2 aromatic rings. The summed E-state index contributed by atoms with van der Waals surface area (Å²) in [5.41, 5.74) is 3.74. The van der Waals surface area contributed by atoms with Gasteiger partial charge in [0.15, 0.2) is 11.6 Å². The molecule has 3 fully saturated rings. The van der Waals surface area contributed by atoms with E-state index in [-0.39, 0.29) is 18.0 Å². The normalized spacial score (nSPS) is 34.1. The third kappa shape index (κ3) is 4.41. The van der Waals surface area contributed by atoms with E-state index in [0.717, 1.165) is 56.4 Å². The standard InChI is InChI=1S/C32H38N2O3/c1-31-10-9-28-27(8-7-24-18-25(35)19-30(36)32(24,28)2)29(31)17-23(20-31)15-22-5-3-6-26(16-22)37-14-4-12-34-13-11-33-21-34/h3,5-6,11,13,15-16,18,21,27-29H,4,7-10,12,14,17,19-20H2,1-2H3/t27-,28+,29+,31-,32+/m1/s1. The first-order valence-corrected chi connectivity index (χ1v) is 14.0. The molecular formula is C32H38N2O3. The van der Waals surface area contributed by atoms with Gasteiger partial charge in [-0.25, -0.2) is 4.98 Å². The molecule has 0 aliphatic heterocycles. The lowest BCUT2D eigenvalue weighted by molar-refractivity contribution is -0.139. The van der Waals surface area contributed by atoms with Crippen LogP contribution in [-0.2, 0) is 16.1 Å². The fourth-order valence-corrected chi connectivity index (χ4v) is 8.20. The van der Waals surface area contributed by atoms with Gasteiger partial charge >= 0.3 is 0 Å². The largest absolute Gasteiger partial charge is 0.494 e. The van der Waals surface area contributed by atoms with Crippen LogP contribution in [0.15, 0.2) is 60.2 Å². The SMILES string of the molecule is C[C@]12CC[C@H]3[C@@H](CCC4=CC(=O)CC(=O)[C@@]43C)[C@@H]1CC(=Cc1cccc(OCCCn3ccnc3)c1)C2. The van der Waals surface area contributed by atoms with E-state index >= 15 is 0 Å². The molecule has 0 saturated heterocycles. The van der Waals surface area contributed by atoms with Crippen LogP contribution in [0.4, 0.5) is 0 Å². The van der Waals surface area contributed by atoms with E-state index in [1.165, 1.54) is 17.6 Å². The van der Waals surface area contributed by atoms with Crippen molar-refractivity contribution in [3.05, 3.63) is 65.8 Å². The van der Waals surface area contributed by atoms with E-state index in [1.54, 1.807) is 6.20 Å². The number of hydrogen-bond donors (Lipinski definition) is 0. The Morgan fingerprint density at radius 3 is 2.92 bits per heavy atom. The van der Waals surface area contributed by atoms with E-state index in [1.807, 2.05) is 24.7 Å². The third-order valence-corrected chi connectivity index (χ3v) is 10.1. The number of ketones is 2. The Balaban J connectivity index is 1.15.